The van der Waals surface area contributed by atoms with Crippen molar-refractivity contribution in [2.24, 2.45) is 0 Å². The Bertz CT molecular complexity index is 292. The molecule has 0 amide bonds. The molecule has 0 radical (unpaired) electrons. The zero-order valence-electron chi connectivity index (χ0n) is 9.31. The predicted molar refractivity (Wildman–Crippen MR) is 58.6 cm³/mol. The molecule has 0 aromatic carbocycles. The third-order valence-electron chi connectivity index (χ3n) is 3.33. The van der Waals surface area contributed by atoms with Crippen molar-refractivity contribution in [2.75, 3.05) is 0 Å². The fourth-order valence-electron chi connectivity index (χ4n) is 2.51. The number of aryl methyl sites for hydroxylation is 2. The minimum absolute atomic E-state index is 0.712. The quantitative estimate of drug-likeness (QED) is 0.684. The predicted octanol–water partition coefficient (Wildman–Crippen LogP) is 4.20. The van der Waals surface area contributed by atoms with Crippen LogP contribution in [-0.2, 0) is 6.42 Å². The summed E-state index contributed by atoms with van der Waals surface area (Å²) in [5.74, 6) is 3.15. The van der Waals surface area contributed by atoms with Crippen LogP contribution in [0.4, 0.5) is 0 Å². The highest BCUT2D eigenvalue weighted by molar-refractivity contribution is 5.23. The second-order valence-electron chi connectivity index (χ2n) is 4.45. The fourth-order valence-corrected chi connectivity index (χ4v) is 2.51. The molecule has 0 unspecified atom stereocenters. The molecule has 14 heavy (non-hydrogen) atoms. The summed E-state index contributed by atoms with van der Waals surface area (Å²) < 4.78 is 5.90. The highest BCUT2D eigenvalue weighted by atomic mass is 16.3. The third kappa shape index (κ3) is 1.87. The highest BCUT2D eigenvalue weighted by Gasteiger charge is 2.20. The summed E-state index contributed by atoms with van der Waals surface area (Å²) >= 11 is 0. The van der Waals surface area contributed by atoms with Gasteiger partial charge in [-0.25, -0.2) is 0 Å². The van der Waals surface area contributed by atoms with E-state index >= 15 is 0 Å². The minimum Gasteiger partial charge on any atom is -0.466 e. The average molecular weight is 192 g/mol. The minimum atomic E-state index is 0.712. The SMILES string of the molecule is CCc1cc(C)c(C2CCCCC2)o1. The smallest absolute Gasteiger partial charge is 0.110 e. The van der Waals surface area contributed by atoms with E-state index in [9.17, 15) is 0 Å². The first-order chi connectivity index (χ1) is 6.81. The van der Waals surface area contributed by atoms with Gasteiger partial charge >= 0.3 is 0 Å². The largest absolute Gasteiger partial charge is 0.466 e. The van der Waals surface area contributed by atoms with Crippen molar-refractivity contribution < 1.29 is 4.42 Å². The molecule has 0 atom stereocenters. The van der Waals surface area contributed by atoms with E-state index in [0.717, 1.165) is 12.2 Å². The van der Waals surface area contributed by atoms with Gasteiger partial charge in [0.2, 0.25) is 0 Å². The summed E-state index contributed by atoms with van der Waals surface area (Å²) in [6.45, 7) is 4.34. The van der Waals surface area contributed by atoms with Crippen LogP contribution in [-0.4, -0.2) is 0 Å². The summed E-state index contributed by atoms with van der Waals surface area (Å²) in [7, 11) is 0. The molecule has 0 spiro atoms. The van der Waals surface area contributed by atoms with Crippen LogP contribution in [0.1, 0.15) is 62.0 Å². The summed E-state index contributed by atoms with van der Waals surface area (Å²) in [6.07, 6.45) is 7.86. The maximum atomic E-state index is 5.90. The number of hydrogen-bond donors (Lipinski definition) is 0. The molecule has 1 saturated carbocycles. The maximum Gasteiger partial charge on any atom is 0.110 e. The van der Waals surface area contributed by atoms with Crippen LogP contribution < -0.4 is 0 Å². The monoisotopic (exact) mass is 192 g/mol. The Balaban J connectivity index is 2.17. The van der Waals surface area contributed by atoms with E-state index in [0.29, 0.717) is 5.92 Å². The van der Waals surface area contributed by atoms with Gasteiger partial charge in [0, 0.05) is 12.3 Å². The van der Waals surface area contributed by atoms with E-state index in [2.05, 4.69) is 19.9 Å². The molecular weight excluding hydrogens is 172 g/mol. The standard InChI is InChI=1S/C13H20O/c1-3-12-9-10(2)13(14-12)11-7-5-4-6-8-11/h9,11H,3-8H2,1-2H3. The van der Waals surface area contributed by atoms with Crippen molar-refractivity contribution in [3.8, 4) is 0 Å². The van der Waals surface area contributed by atoms with Gasteiger partial charge in [-0.15, -0.1) is 0 Å². The Morgan fingerprint density at radius 1 is 1.29 bits per heavy atom. The second-order valence-corrected chi connectivity index (χ2v) is 4.45. The molecule has 1 aromatic heterocycles. The molecular formula is C13H20O. The van der Waals surface area contributed by atoms with E-state index in [-0.39, 0.29) is 0 Å². The molecule has 1 aliphatic carbocycles. The molecule has 78 valence electrons. The van der Waals surface area contributed by atoms with E-state index in [1.165, 1.54) is 43.4 Å². The molecule has 1 aliphatic rings. The number of hydrogen-bond acceptors (Lipinski definition) is 1. The summed E-state index contributed by atoms with van der Waals surface area (Å²) in [4.78, 5) is 0. The van der Waals surface area contributed by atoms with Crippen LogP contribution in [0.25, 0.3) is 0 Å². The van der Waals surface area contributed by atoms with Gasteiger partial charge in [-0.2, -0.15) is 0 Å². The fraction of sp³-hybridized carbons (Fsp3) is 0.692. The van der Waals surface area contributed by atoms with Crippen molar-refractivity contribution in [3.05, 3.63) is 23.2 Å². The molecule has 0 aliphatic heterocycles. The van der Waals surface area contributed by atoms with Gasteiger partial charge in [-0.1, -0.05) is 26.2 Å². The Hall–Kier alpha value is -0.720. The Morgan fingerprint density at radius 2 is 2.00 bits per heavy atom. The Kier molecular flexibility index (Phi) is 2.95. The summed E-state index contributed by atoms with van der Waals surface area (Å²) in [5, 5.41) is 0. The van der Waals surface area contributed by atoms with E-state index in [1.807, 2.05) is 0 Å². The lowest BCUT2D eigenvalue weighted by molar-refractivity contribution is 0.361. The van der Waals surface area contributed by atoms with Crippen molar-refractivity contribution in [2.45, 2.75) is 58.3 Å². The zero-order chi connectivity index (χ0) is 9.97. The molecule has 1 heterocycles. The van der Waals surface area contributed by atoms with Crippen molar-refractivity contribution in [1.29, 1.82) is 0 Å². The third-order valence-corrected chi connectivity index (χ3v) is 3.33. The lowest BCUT2D eigenvalue weighted by Gasteiger charge is -2.20. The topological polar surface area (TPSA) is 13.1 Å². The Morgan fingerprint density at radius 3 is 2.57 bits per heavy atom. The van der Waals surface area contributed by atoms with Crippen molar-refractivity contribution in [1.82, 2.24) is 0 Å². The zero-order valence-corrected chi connectivity index (χ0v) is 9.31. The first-order valence-electron chi connectivity index (χ1n) is 5.90. The lowest BCUT2D eigenvalue weighted by atomic mass is 9.86. The average Bonchev–Trinajstić information content (AvgIpc) is 2.61. The lowest BCUT2D eigenvalue weighted by Crippen LogP contribution is -2.04. The second kappa shape index (κ2) is 4.20. The first kappa shape index (κ1) is 9.82. The highest BCUT2D eigenvalue weighted by Crippen LogP contribution is 2.35. The van der Waals surface area contributed by atoms with Gasteiger partial charge in [0.1, 0.15) is 11.5 Å². The molecule has 0 bridgehead atoms. The molecule has 2 rings (SSSR count). The molecule has 1 fully saturated rings. The molecule has 1 nitrogen and oxygen atoms in total. The Labute approximate surface area is 86.5 Å². The van der Waals surface area contributed by atoms with E-state index in [4.69, 9.17) is 4.42 Å². The van der Waals surface area contributed by atoms with Crippen LogP contribution in [0.2, 0.25) is 0 Å². The van der Waals surface area contributed by atoms with Gasteiger partial charge < -0.3 is 4.42 Å². The molecule has 0 N–H and O–H groups in total. The van der Waals surface area contributed by atoms with Gasteiger partial charge in [0.15, 0.2) is 0 Å². The van der Waals surface area contributed by atoms with Gasteiger partial charge in [0.05, 0.1) is 0 Å². The van der Waals surface area contributed by atoms with Crippen molar-refractivity contribution in [3.63, 3.8) is 0 Å². The summed E-state index contributed by atoms with van der Waals surface area (Å²) in [6, 6.07) is 2.21. The van der Waals surface area contributed by atoms with Crippen LogP contribution in [0.3, 0.4) is 0 Å². The van der Waals surface area contributed by atoms with Gasteiger partial charge in [-0.05, 0) is 31.4 Å². The van der Waals surface area contributed by atoms with Gasteiger partial charge in [-0.3, -0.25) is 0 Å². The van der Waals surface area contributed by atoms with Crippen LogP contribution in [0.15, 0.2) is 10.5 Å². The van der Waals surface area contributed by atoms with Crippen LogP contribution >= 0.6 is 0 Å². The van der Waals surface area contributed by atoms with E-state index < -0.39 is 0 Å². The van der Waals surface area contributed by atoms with Crippen LogP contribution in [0, 0.1) is 6.92 Å². The van der Waals surface area contributed by atoms with E-state index in [1.54, 1.807) is 0 Å². The normalized spacial score (nSPS) is 18.7. The molecule has 0 saturated heterocycles. The van der Waals surface area contributed by atoms with Gasteiger partial charge in [0.25, 0.3) is 0 Å². The van der Waals surface area contributed by atoms with Crippen LogP contribution in [0.5, 0.6) is 0 Å². The maximum absolute atomic E-state index is 5.90. The number of furan rings is 1. The molecule has 1 aromatic rings. The molecule has 1 heteroatoms. The summed E-state index contributed by atoms with van der Waals surface area (Å²) in [5.41, 5.74) is 1.37. The van der Waals surface area contributed by atoms with Crippen molar-refractivity contribution >= 4 is 0 Å². The number of rotatable bonds is 2. The first-order valence-corrected chi connectivity index (χ1v) is 5.90.